The van der Waals surface area contributed by atoms with Crippen molar-refractivity contribution in [3.63, 3.8) is 0 Å². The molecule has 1 aromatic carbocycles. The quantitative estimate of drug-likeness (QED) is 0.856. The standard InChI is InChI=1S/C17H17F4N3O/c18-12-7-5-11(6-8-12)9-22-15(25)10-24-14-4-2-1-3-13(14)16(23-24)17(19,20)21/h5-8H,1-4,9-10H2,(H,22,25). The molecule has 1 aromatic heterocycles. The van der Waals surface area contributed by atoms with Crippen LogP contribution in [0.1, 0.15) is 35.4 Å². The number of carbonyl (C=O) groups excluding carboxylic acids is 1. The van der Waals surface area contributed by atoms with E-state index >= 15 is 0 Å². The fraction of sp³-hybridized carbons (Fsp3) is 0.412. The van der Waals surface area contributed by atoms with Crippen molar-refractivity contribution in [1.29, 1.82) is 0 Å². The summed E-state index contributed by atoms with van der Waals surface area (Å²) in [5.74, 6) is -0.813. The molecular formula is C17H17F4N3O. The molecule has 1 aliphatic rings. The van der Waals surface area contributed by atoms with Gasteiger partial charge >= 0.3 is 6.18 Å². The van der Waals surface area contributed by atoms with Crippen LogP contribution >= 0.6 is 0 Å². The number of benzene rings is 1. The van der Waals surface area contributed by atoms with Gasteiger partial charge in [0.1, 0.15) is 12.4 Å². The van der Waals surface area contributed by atoms with Crippen LogP contribution in [0, 0.1) is 5.82 Å². The van der Waals surface area contributed by atoms with Gasteiger partial charge in [0.2, 0.25) is 5.91 Å². The molecule has 25 heavy (non-hydrogen) atoms. The van der Waals surface area contributed by atoms with Gasteiger partial charge in [0, 0.05) is 17.8 Å². The predicted octanol–water partition coefficient (Wildman–Crippen LogP) is 3.24. The van der Waals surface area contributed by atoms with Gasteiger partial charge in [0.15, 0.2) is 5.69 Å². The molecule has 134 valence electrons. The van der Waals surface area contributed by atoms with Crippen LogP contribution in [0.15, 0.2) is 24.3 Å². The summed E-state index contributed by atoms with van der Waals surface area (Å²) in [6.45, 7) is -0.0890. The molecule has 0 unspecified atom stereocenters. The highest BCUT2D eigenvalue weighted by molar-refractivity contribution is 5.75. The maximum absolute atomic E-state index is 13.1. The lowest BCUT2D eigenvalue weighted by molar-refractivity contribution is -0.142. The highest BCUT2D eigenvalue weighted by atomic mass is 19.4. The third-order valence-corrected chi connectivity index (χ3v) is 4.22. The first-order valence-electron chi connectivity index (χ1n) is 8.01. The highest BCUT2D eigenvalue weighted by Crippen LogP contribution is 2.35. The molecule has 1 N–H and O–H groups in total. The summed E-state index contributed by atoms with van der Waals surface area (Å²) in [5.41, 5.74) is 0.530. The molecule has 0 atom stereocenters. The van der Waals surface area contributed by atoms with Gasteiger partial charge in [-0.15, -0.1) is 0 Å². The van der Waals surface area contributed by atoms with Gasteiger partial charge in [0.05, 0.1) is 0 Å². The van der Waals surface area contributed by atoms with Crippen molar-refractivity contribution >= 4 is 5.91 Å². The monoisotopic (exact) mass is 355 g/mol. The average Bonchev–Trinajstić information content (AvgIpc) is 2.93. The van der Waals surface area contributed by atoms with Crippen molar-refractivity contribution in [2.75, 3.05) is 0 Å². The first kappa shape index (κ1) is 17.4. The SMILES string of the molecule is O=C(Cn1nc(C(F)(F)F)c2c1CCCC2)NCc1ccc(F)cc1. The van der Waals surface area contributed by atoms with Crippen molar-refractivity contribution in [2.24, 2.45) is 0 Å². The number of fused-ring (bicyclic) bond motifs is 1. The van der Waals surface area contributed by atoms with E-state index in [4.69, 9.17) is 0 Å². The molecule has 0 spiro atoms. The topological polar surface area (TPSA) is 46.9 Å². The van der Waals surface area contributed by atoms with Crippen LogP contribution < -0.4 is 5.32 Å². The molecule has 1 heterocycles. The number of hydrogen-bond donors (Lipinski definition) is 1. The minimum Gasteiger partial charge on any atom is -0.350 e. The molecule has 0 bridgehead atoms. The van der Waals surface area contributed by atoms with E-state index in [0.717, 1.165) is 11.1 Å². The van der Waals surface area contributed by atoms with E-state index in [2.05, 4.69) is 10.4 Å². The number of amides is 1. The van der Waals surface area contributed by atoms with E-state index < -0.39 is 17.8 Å². The second-order valence-electron chi connectivity index (χ2n) is 6.04. The molecule has 4 nitrogen and oxygen atoms in total. The van der Waals surface area contributed by atoms with Crippen molar-refractivity contribution in [3.05, 3.63) is 52.6 Å². The Morgan fingerprint density at radius 2 is 1.84 bits per heavy atom. The van der Waals surface area contributed by atoms with Crippen molar-refractivity contribution in [3.8, 4) is 0 Å². The minimum atomic E-state index is -4.52. The lowest BCUT2D eigenvalue weighted by Gasteiger charge is -2.14. The Balaban J connectivity index is 1.70. The lowest BCUT2D eigenvalue weighted by Crippen LogP contribution is -2.28. The first-order valence-corrected chi connectivity index (χ1v) is 8.01. The van der Waals surface area contributed by atoms with Gasteiger partial charge in [-0.1, -0.05) is 12.1 Å². The molecule has 3 rings (SSSR count). The first-order chi connectivity index (χ1) is 11.8. The van der Waals surface area contributed by atoms with E-state index in [0.29, 0.717) is 30.5 Å². The van der Waals surface area contributed by atoms with Crippen LogP contribution in [0.25, 0.3) is 0 Å². The summed E-state index contributed by atoms with van der Waals surface area (Å²) in [4.78, 5) is 12.1. The Bertz CT molecular complexity index is 765. The highest BCUT2D eigenvalue weighted by Gasteiger charge is 2.39. The van der Waals surface area contributed by atoms with Crippen LogP contribution in [0.3, 0.4) is 0 Å². The number of nitrogens with one attached hydrogen (secondary N) is 1. The zero-order chi connectivity index (χ0) is 18.0. The molecule has 0 saturated heterocycles. The van der Waals surface area contributed by atoms with Gasteiger partial charge in [-0.05, 0) is 43.4 Å². The predicted molar refractivity (Wildman–Crippen MR) is 82.1 cm³/mol. The Kier molecular flexibility index (Phi) is 4.78. The molecule has 2 aromatic rings. The molecule has 0 aliphatic heterocycles. The van der Waals surface area contributed by atoms with Crippen LogP contribution in [0.4, 0.5) is 17.6 Å². The van der Waals surface area contributed by atoms with Gasteiger partial charge in [-0.25, -0.2) is 4.39 Å². The number of nitrogens with zero attached hydrogens (tertiary/aromatic N) is 2. The molecule has 1 aliphatic carbocycles. The van der Waals surface area contributed by atoms with Crippen molar-refractivity contribution in [1.82, 2.24) is 15.1 Å². The van der Waals surface area contributed by atoms with E-state index in [-0.39, 0.29) is 24.5 Å². The number of carbonyl (C=O) groups is 1. The maximum atomic E-state index is 13.1. The Labute approximate surface area is 141 Å². The van der Waals surface area contributed by atoms with Gasteiger partial charge < -0.3 is 5.32 Å². The largest absolute Gasteiger partial charge is 0.435 e. The summed E-state index contributed by atoms with van der Waals surface area (Å²) in [6.07, 6.45) is -2.21. The van der Waals surface area contributed by atoms with Gasteiger partial charge in [-0.2, -0.15) is 18.3 Å². The average molecular weight is 355 g/mol. The smallest absolute Gasteiger partial charge is 0.350 e. The summed E-state index contributed by atoms with van der Waals surface area (Å²) in [7, 11) is 0. The van der Waals surface area contributed by atoms with Gasteiger partial charge in [0.25, 0.3) is 0 Å². The zero-order valence-electron chi connectivity index (χ0n) is 13.4. The fourth-order valence-corrected chi connectivity index (χ4v) is 3.02. The molecule has 1 amide bonds. The van der Waals surface area contributed by atoms with Crippen LogP contribution in [-0.2, 0) is 36.9 Å². The third-order valence-electron chi connectivity index (χ3n) is 4.22. The Hall–Kier alpha value is -2.38. The number of hydrogen-bond acceptors (Lipinski definition) is 2. The van der Waals surface area contributed by atoms with E-state index in [1.165, 1.54) is 24.3 Å². The van der Waals surface area contributed by atoms with E-state index in [1.807, 2.05) is 0 Å². The number of rotatable bonds is 4. The summed E-state index contributed by atoms with van der Waals surface area (Å²) >= 11 is 0. The Morgan fingerprint density at radius 1 is 1.16 bits per heavy atom. The summed E-state index contributed by atoms with van der Waals surface area (Å²) in [6, 6.07) is 5.63. The molecule has 0 radical (unpaired) electrons. The normalized spacial score (nSPS) is 14.2. The van der Waals surface area contributed by atoms with Crippen LogP contribution in [0.2, 0.25) is 0 Å². The second-order valence-corrected chi connectivity index (χ2v) is 6.04. The van der Waals surface area contributed by atoms with E-state index in [9.17, 15) is 22.4 Å². The molecule has 0 fully saturated rings. The maximum Gasteiger partial charge on any atom is 0.435 e. The second kappa shape index (κ2) is 6.85. The minimum absolute atomic E-state index is 0.175. The lowest BCUT2D eigenvalue weighted by atomic mass is 9.95. The van der Waals surface area contributed by atoms with Crippen LogP contribution in [-0.4, -0.2) is 15.7 Å². The van der Waals surface area contributed by atoms with Crippen LogP contribution in [0.5, 0.6) is 0 Å². The number of alkyl halides is 3. The third kappa shape index (κ3) is 4.00. The molecule has 8 heteroatoms. The molecule has 0 saturated carbocycles. The fourth-order valence-electron chi connectivity index (χ4n) is 3.02. The Morgan fingerprint density at radius 3 is 2.52 bits per heavy atom. The number of aromatic nitrogens is 2. The van der Waals surface area contributed by atoms with Gasteiger partial charge in [-0.3, -0.25) is 9.48 Å². The van der Waals surface area contributed by atoms with E-state index in [1.54, 1.807) is 0 Å². The summed E-state index contributed by atoms with van der Waals surface area (Å²) < 4.78 is 53.4. The van der Waals surface area contributed by atoms with Crippen molar-refractivity contribution in [2.45, 2.75) is 44.9 Å². The van der Waals surface area contributed by atoms with Crippen molar-refractivity contribution < 1.29 is 22.4 Å². The zero-order valence-corrected chi connectivity index (χ0v) is 13.4. The summed E-state index contributed by atoms with van der Waals surface area (Å²) in [5, 5.41) is 6.27. The number of halogens is 4. The molecular weight excluding hydrogens is 338 g/mol.